The number of thiophene rings is 1. The fourth-order valence-electron chi connectivity index (χ4n) is 4.19. The van der Waals surface area contributed by atoms with Gasteiger partial charge in [-0.2, -0.15) is 4.52 Å². The van der Waals surface area contributed by atoms with Gasteiger partial charge in [0, 0.05) is 31.1 Å². The van der Waals surface area contributed by atoms with E-state index in [1.54, 1.807) is 15.9 Å². The van der Waals surface area contributed by atoms with E-state index >= 15 is 0 Å². The average molecular weight is 385 g/mol. The third-order valence-electron chi connectivity index (χ3n) is 5.87. The fourth-order valence-corrected chi connectivity index (χ4v) is 5.44. The minimum atomic E-state index is -0.0724. The van der Waals surface area contributed by atoms with Crippen molar-refractivity contribution in [1.29, 1.82) is 0 Å². The smallest absolute Gasteiger partial charge is 0.293 e. The van der Waals surface area contributed by atoms with Crippen molar-refractivity contribution in [3.05, 3.63) is 22.1 Å². The second kappa shape index (κ2) is 6.24. The van der Waals surface area contributed by atoms with E-state index in [0.29, 0.717) is 11.7 Å². The molecule has 7 nitrogen and oxygen atoms in total. The third kappa shape index (κ3) is 2.73. The Balaban J connectivity index is 1.62. The van der Waals surface area contributed by atoms with E-state index in [4.69, 9.17) is 9.97 Å². The molecule has 0 spiro atoms. The number of carbonyl (C=O) groups is 1. The largest absolute Gasteiger partial charge is 0.333 e. The molecule has 0 N–H and O–H groups in total. The molecule has 0 saturated carbocycles. The molecule has 1 aliphatic carbocycles. The Morgan fingerprint density at radius 1 is 1.19 bits per heavy atom. The van der Waals surface area contributed by atoms with Crippen molar-refractivity contribution in [2.45, 2.75) is 33.1 Å². The normalized spacial score (nSPS) is 21.1. The molecule has 5 rings (SSSR count). The molecule has 142 valence electrons. The van der Waals surface area contributed by atoms with Gasteiger partial charge < -0.3 is 9.80 Å². The zero-order chi connectivity index (χ0) is 18.7. The van der Waals surface area contributed by atoms with Gasteiger partial charge in [0.25, 0.3) is 5.91 Å². The van der Waals surface area contributed by atoms with Crippen LogP contribution in [0.25, 0.3) is 15.9 Å². The van der Waals surface area contributed by atoms with Gasteiger partial charge >= 0.3 is 0 Å². The van der Waals surface area contributed by atoms with Crippen LogP contribution < -0.4 is 0 Å². The van der Waals surface area contributed by atoms with E-state index in [0.717, 1.165) is 60.7 Å². The van der Waals surface area contributed by atoms with Crippen LogP contribution in [-0.4, -0.2) is 68.5 Å². The van der Waals surface area contributed by atoms with E-state index in [1.165, 1.54) is 16.9 Å². The van der Waals surface area contributed by atoms with Gasteiger partial charge in [-0.05, 0) is 44.7 Å². The second-order valence-corrected chi connectivity index (χ2v) is 9.04. The van der Waals surface area contributed by atoms with E-state index in [1.807, 2.05) is 11.8 Å². The number of aromatic nitrogens is 4. The minimum absolute atomic E-state index is 0.0724. The Hall–Kier alpha value is -2.06. The standard InChI is InChI=1S/C19H24N6OS/c1-11-4-5-14-13(10-11)15-17-21-16(19(26)24-8-6-23(3)7-9-24)22-25(17)12(2)20-18(15)27-14/h11H,4-10H2,1-3H3/t11-/m1/s1. The minimum Gasteiger partial charge on any atom is -0.333 e. The summed E-state index contributed by atoms with van der Waals surface area (Å²) < 4.78 is 1.76. The number of carbonyl (C=O) groups excluding carboxylic acids is 1. The van der Waals surface area contributed by atoms with Crippen molar-refractivity contribution in [2.75, 3.05) is 33.2 Å². The molecular weight excluding hydrogens is 360 g/mol. The molecule has 1 amide bonds. The van der Waals surface area contributed by atoms with Crippen LogP contribution in [0.4, 0.5) is 0 Å². The highest BCUT2D eigenvalue weighted by Gasteiger charge is 2.28. The predicted molar refractivity (Wildman–Crippen MR) is 105 cm³/mol. The number of fused-ring (bicyclic) bond motifs is 5. The lowest BCUT2D eigenvalue weighted by molar-refractivity contribution is 0.0652. The quantitative estimate of drug-likeness (QED) is 0.643. The van der Waals surface area contributed by atoms with E-state index in [2.05, 4.69) is 24.0 Å². The molecule has 27 heavy (non-hydrogen) atoms. The second-order valence-electron chi connectivity index (χ2n) is 7.96. The lowest BCUT2D eigenvalue weighted by Gasteiger charge is -2.31. The van der Waals surface area contributed by atoms with Crippen molar-refractivity contribution in [2.24, 2.45) is 5.92 Å². The molecule has 1 fully saturated rings. The zero-order valence-corrected chi connectivity index (χ0v) is 16.8. The highest BCUT2D eigenvalue weighted by molar-refractivity contribution is 7.19. The summed E-state index contributed by atoms with van der Waals surface area (Å²) in [6, 6.07) is 0. The van der Waals surface area contributed by atoms with Crippen LogP contribution in [0.3, 0.4) is 0 Å². The van der Waals surface area contributed by atoms with Crippen molar-refractivity contribution < 1.29 is 4.79 Å². The zero-order valence-electron chi connectivity index (χ0n) is 16.0. The number of piperazine rings is 1. The maximum atomic E-state index is 13.0. The first kappa shape index (κ1) is 17.1. The van der Waals surface area contributed by atoms with Gasteiger partial charge in [-0.1, -0.05) is 6.92 Å². The van der Waals surface area contributed by atoms with Crippen molar-refractivity contribution >= 4 is 33.1 Å². The number of rotatable bonds is 1. The van der Waals surface area contributed by atoms with Crippen LogP contribution in [0.5, 0.6) is 0 Å². The monoisotopic (exact) mass is 384 g/mol. The van der Waals surface area contributed by atoms with Gasteiger partial charge in [0.05, 0.1) is 5.39 Å². The van der Waals surface area contributed by atoms with Crippen LogP contribution in [0.1, 0.15) is 40.2 Å². The van der Waals surface area contributed by atoms with Crippen LogP contribution in [0.15, 0.2) is 0 Å². The van der Waals surface area contributed by atoms with Crippen molar-refractivity contribution in [1.82, 2.24) is 29.4 Å². The third-order valence-corrected chi connectivity index (χ3v) is 7.06. The number of nitrogens with zero attached hydrogens (tertiary/aromatic N) is 6. The summed E-state index contributed by atoms with van der Waals surface area (Å²) >= 11 is 1.78. The maximum Gasteiger partial charge on any atom is 0.293 e. The highest BCUT2D eigenvalue weighted by Crippen LogP contribution is 2.39. The van der Waals surface area contributed by atoms with E-state index in [-0.39, 0.29) is 5.91 Å². The molecule has 0 bridgehead atoms. The SMILES string of the molecule is Cc1nc2sc3c(c2c2nc(C(=O)N4CCN(C)CC4)nn12)C[C@H](C)CC3. The van der Waals surface area contributed by atoms with Crippen LogP contribution in [0.2, 0.25) is 0 Å². The summed E-state index contributed by atoms with van der Waals surface area (Å²) in [5.74, 6) is 1.68. The topological polar surface area (TPSA) is 66.6 Å². The van der Waals surface area contributed by atoms with Gasteiger partial charge in [-0.15, -0.1) is 16.4 Å². The van der Waals surface area contributed by atoms with Crippen molar-refractivity contribution in [3.63, 3.8) is 0 Å². The van der Waals surface area contributed by atoms with Crippen LogP contribution >= 0.6 is 11.3 Å². The number of hydrogen-bond donors (Lipinski definition) is 0. The first-order valence-electron chi connectivity index (χ1n) is 9.66. The number of hydrogen-bond acceptors (Lipinski definition) is 6. The number of amides is 1. The molecule has 0 aromatic carbocycles. The van der Waals surface area contributed by atoms with Crippen LogP contribution in [-0.2, 0) is 12.8 Å². The summed E-state index contributed by atoms with van der Waals surface area (Å²) in [5.41, 5.74) is 2.17. The molecule has 2 aliphatic rings. The molecule has 3 aromatic rings. The summed E-state index contributed by atoms with van der Waals surface area (Å²) in [4.78, 5) is 29.0. The molecule has 1 aliphatic heterocycles. The van der Waals surface area contributed by atoms with Gasteiger partial charge in [-0.25, -0.2) is 9.97 Å². The van der Waals surface area contributed by atoms with E-state index in [9.17, 15) is 4.79 Å². The number of likely N-dealkylation sites (N-methyl/N-ethyl adjacent to an activating group) is 1. The summed E-state index contributed by atoms with van der Waals surface area (Å²) in [6.07, 6.45) is 3.41. The Kier molecular flexibility index (Phi) is 3.94. The first-order valence-corrected chi connectivity index (χ1v) is 10.5. The lowest BCUT2D eigenvalue weighted by atomic mass is 9.89. The Morgan fingerprint density at radius 2 is 1.96 bits per heavy atom. The van der Waals surface area contributed by atoms with Gasteiger partial charge in [-0.3, -0.25) is 4.79 Å². The summed E-state index contributed by atoms with van der Waals surface area (Å²) in [6.45, 7) is 7.47. The maximum absolute atomic E-state index is 13.0. The predicted octanol–water partition coefficient (Wildman–Crippen LogP) is 2.16. The Bertz CT molecular complexity index is 1050. The fraction of sp³-hybridized carbons (Fsp3) is 0.579. The first-order chi connectivity index (χ1) is 13.0. The van der Waals surface area contributed by atoms with Crippen molar-refractivity contribution in [3.8, 4) is 0 Å². The highest BCUT2D eigenvalue weighted by atomic mass is 32.1. The summed E-state index contributed by atoms with van der Waals surface area (Å²) in [5, 5.41) is 5.66. The molecular formula is C19H24N6OS. The molecule has 1 saturated heterocycles. The van der Waals surface area contributed by atoms with Gasteiger partial charge in [0.2, 0.25) is 5.82 Å². The molecule has 0 radical (unpaired) electrons. The van der Waals surface area contributed by atoms with Crippen LogP contribution in [0, 0.1) is 12.8 Å². The molecule has 0 unspecified atom stereocenters. The molecule has 4 heterocycles. The average Bonchev–Trinajstić information content (AvgIpc) is 3.23. The molecule has 8 heteroatoms. The molecule has 1 atom stereocenters. The van der Waals surface area contributed by atoms with Gasteiger partial charge in [0.1, 0.15) is 10.7 Å². The Morgan fingerprint density at radius 3 is 2.74 bits per heavy atom. The van der Waals surface area contributed by atoms with E-state index < -0.39 is 0 Å². The van der Waals surface area contributed by atoms with Gasteiger partial charge in [0.15, 0.2) is 5.65 Å². The summed E-state index contributed by atoms with van der Waals surface area (Å²) in [7, 11) is 2.08. The Labute approximate surface area is 162 Å². The number of aryl methyl sites for hydroxylation is 2. The lowest BCUT2D eigenvalue weighted by Crippen LogP contribution is -2.47. The molecule has 3 aromatic heterocycles.